The zero-order chi connectivity index (χ0) is 11.9. The lowest BCUT2D eigenvalue weighted by Gasteiger charge is -2.34. The third-order valence-electron chi connectivity index (χ3n) is 5.02. The van der Waals surface area contributed by atoms with Crippen molar-refractivity contribution in [2.45, 2.75) is 52.6 Å². The van der Waals surface area contributed by atoms with Gasteiger partial charge in [-0.25, -0.2) is 0 Å². The molecule has 2 heteroatoms. The van der Waals surface area contributed by atoms with Crippen molar-refractivity contribution in [3.05, 3.63) is 11.1 Å². The van der Waals surface area contributed by atoms with Crippen molar-refractivity contribution in [2.75, 3.05) is 7.11 Å². The van der Waals surface area contributed by atoms with Crippen LogP contribution in [0.3, 0.4) is 0 Å². The third-order valence-corrected chi connectivity index (χ3v) is 5.02. The molecule has 2 aliphatic carbocycles. The summed E-state index contributed by atoms with van der Waals surface area (Å²) in [5.41, 5.74) is 2.97. The molecule has 2 nitrogen and oxygen atoms in total. The predicted octanol–water partition coefficient (Wildman–Crippen LogP) is 3.12. The first-order valence-electron chi connectivity index (χ1n) is 6.26. The molecule has 0 saturated heterocycles. The van der Waals surface area contributed by atoms with Crippen LogP contribution in [-0.2, 0) is 9.53 Å². The lowest BCUT2D eigenvalue weighted by Crippen LogP contribution is -2.33. The molecule has 2 bridgehead atoms. The summed E-state index contributed by atoms with van der Waals surface area (Å²) < 4.78 is 5.55. The van der Waals surface area contributed by atoms with Gasteiger partial charge in [-0.1, -0.05) is 19.4 Å². The molecule has 2 aliphatic rings. The summed E-state index contributed by atoms with van der Waals surface area (Å²) in [6.07, 6.45) is 3.94. The Labute approximate surface area is 98.1 Å². The van der Waals surface area contributed by atoms with Crippen molar-refractivity contribution >= 4 is 5.78 Å². The van der Waals surface area contributed by atoms with Crippen LogP contribution in [0.1, 0.15) is 46.5 Å². The van der Waals surface area contributed by atoms with Gasteiger partial charge in [0.2, 0.25) is 0 Å². The molecular formula is C14H22O2. The molecule has 0 aromatic rings. The van der Waals surface area contributed by atoms with E-state index in [2.05, 4.69) is 20.8 Å². The molecule has 0 heterocycles. The lowest BCUT2D eigenvalue weighted by atomic mass is 9.69. The van der Waals surface area contributed by atoms with E-state index < -0.39 is 0 Å². The molecule has 90 valence electrons. The molecular weight excluding hydrogens is 200 g/mol. The molecule has 0 fully saturated rings. The summed E-state index contributed by atoms with van der Waals surface area (Å²) in [5, 5.41) is 0. The first-order chi connectivity index (χ1) is 7.50. The first kappa shape index (κ1) is 11.8. The summed E-state index contributed by atoms with van der Waals surface area (Å²) in [5.74, 6) is 0.577. The maximum atomic E-state index is 12.1. The highest BCUT2D eigenvalue weighted by Gasteiger charge is 2.44. The molecule has 0 radical (unpaired) electrons. The zero-order valence-electron chi connectivity index (χ0n) is 10.8. The van der Waals surface area contributed by atoms with Crippen molar-refractivity contribution in [1.82, 2.24) is 0 Å². The molecule has 0 saturated carbocycles. The topological polar surface area (TPSA) is 26.3 Å². The second-order valence-electron chi connectivity index (χ2n) is 5.52. The van der Waals surface area contributed by atoms with Crippen LogP contribution in [0.2, 0.25) is 0 Å². The molecule has 0 aromatic carbocycles. The zero-order valence-corrected chi connectivity index (χ0v) is 10.8. The second kappa shape index (κ2) is 3.99. The lowest BCUT2D eigenvalue weighted by molar-refractivity contribution is -0.125. The standard InChI is InChI=1S/C14H22O2/c1-9-11-7-8-14(9,3)10(2)12(15)5-6-13(11)16-4/h10,13H,5-8H2,1-4H3/t10-,13-,14-/m0/s1. The van der Waals surface area contributed by atoms with Gasteiger partial charge >= 0.3 is 0 Å². The minimum absolute atomic E-state index is 0.0869. The Morgan fingerprint density at radius 3 is 2.69 bits per heavy atom. The Morgan fingerprint density at radius 1 is 1.38 bits per heavy atom. The number of Topliss-reactive ketones (excluding diaryl/α,β-unsaturated/α-hetero) is 1. The van der Waals surface area contributed by atoms with Gasteiger partial charge in [0.1, 0.15) is 5.78 Å². The molecule has 2 rings (SSSR count). The van der Waals surface area contributed by atoms with Gasteiger partial charge in [-0.3, -0.25) is 4.79 Å². The van der Waals surface area contributed by atoms with Crippen molar-refractivity contribution in [3.63, 3.8) is 0 Å². The van der Waals surface area contributed by atoms with Gasteiger partial charge < -0.3 is 4.74 Å². The number of hydrogen-bond acceptors (Lipinski definition) is 2. The highest BCUT2D eigenvalue weighted by Crippen LogP contribution is 2.51. The van der Waals surface area contributed by atoms with E-state index in [4.69, 9.17) is 4.74 Å². The van der Waals surface area contributed by atoms with Crippen LogP contribution in [0.25, 0.3) is 0 Å². The van der Waals surface area contributed by atoms with E-state index in [0.717, 1.165) is 19.3 Å². The Bertz CT molecular complexity index is 343. The number of carbonyl (C=O) groups is 1. The van der Waals surface area contributed by atoms with Gasteiger partial charge in [0.25, 0.3) is 0 Å². The van der Waals surface area contributed by atoms with Gasteiger partial charge in [-0.15, -0.1) is 0 Å². The second-order valence-corrected chi connectivity index (χ2v) is 5.52. The Kier molecular flexibility index (Phi) is 2.95. The van der Waals surface area contributed by atoms with Crippen molar-refractivity contribution in [3.8, 4) is 0 Å². The predicted molar refractivity (Wildman–Crippen MR) is 64.2 cm³/mol. The van der Waals surface area contributed by atoms with E-state index in [0.29, 0.717) is 12.2 Å². The number of carbonyl (C=O) groups excluding carboxylic acids is 1. The van der Waals surface area contributed by atoms with Crippen LogP contribution in [0, 0.1) is 11.3 Å². The van der Waals surface area contributed by atoms with Crippen molar-refractivity contribution in [2.24, 2.45) is 11.3 Å². The number of methoxy groups -OCH3 is 1. The summed E-state index contributed by atoms with van der Waals surface area (Å²) in [4.78, 5) is 12.1. The van der Waals surface area contributed by atoms with E-state index in [1.54, 1.807) is 7.11 Å². The normalized spacial score (nSPS) is 39.9. The average Bonchev–Trinajstić information content (AvgIpc) is 2.59. The minimum Gasteiger partial charge on any atom is -0.377 e. The van der Waals surface area contributed by atoms with Crippen molar-refractivity contribution in [1.29, 1.82) is 0 Å². The minimum atomic E-state index is 0.0869. The fourth-order valence-electron chi connectivity index (χ4n) is 3.36. The van der Waals surface area contributed by atoms with Crippen LogP contribution in [0.4, 0.5) is 0 Å². The molecule has 0 spiro atoms. The van der Waals surface area contributed by atoms with E-state index >= 15 is 0 Å². The van der Waals surface area contributed by atoms with Crippen LogP contribution in [-0.4, -0.2) is 19.0 Å². The van der Waals surface area contributed by atoms with Gasteiger partial charge in [-0.2, -0.15) is 0 Å². The molecule has 0 aliphatic heterocycles. The van der Waals surface area contributed by atoms with E-state index in [1.807, 2.05) is 0 Å². The molecule has 0 amide bonds. The summed E-state index contributed by atoms with van der Waals surface area (Å²) >= 11 is 0. The highest BCUT2D eigenvalue weighted by atomic mass is 16.5. The number of hydrogen-bond donors (Lipinski definition) is 0. The quantitative estimate of drug-likeness (QED) is 0.637. The Balaban J connectivity index is 2.44. The number of allylic oxidation sites excluding steroid dienone is 1. The fraction of sp³-hybridized carbons (Fsp3) is 0.786. The van der Waals surface area contributed by atoms with Crippen molar-refractivity contribution < 1.29 is 9.53 Å². The monoisotopic (exact) mass is 222 g/mol. The van der Waals surface area contributed by atoms with E-state index in [-0.39, 0.29) is 17.4 Å². The molecule has 3 atom stereocenters. The van der Waals surface area contributed by atoms with Crippen LogP contribution in [0.5, 0.6) is 0 Å². The molecule has 16 heavy (non-hydrogen) atoms. The number of ketones is 1. The smallest absolute Gasteiger partial charge is 0.136 e. The average molecular weight is 222 g/mol. The van der Waals surface area contributed by atoms with E-state index in [1.165, 1.54) is 11.1 Å². The highest BCUT2D eigenvalue weighted by molar-refractivity contribution is 5.82. The number of fused-ring (bicyclic) bond motifs is 1. The van der Waals surface area contributed by atoms with Crippen LogP contribution >= 0.6 is 0 Å². The maximum Gasteiger partial charge on any atom is 0.136 e. The van der Waals surface area contributed by atoms with Crippen LogP contribution in [0.15, 0.2) is 11.1 Å². The first-order valence-corrected chi connectivity index (χ1v) is 6.26. The molecule has 0 N–H and O–H groups in total. The summed E-state index contributed by atoms with van der Waals surface area (Å²) in [6.45, 7) is 6.54. The molecule has 0 aromatic heterocycles. The summed E-state index contributed by atoms with van der Waals surface area (Å²) in [6, 6.07) is 0. The Hall–Kier alpha value is -0.630. The van der Waals surface area contributed by atoms with Gasteiger partial charge in [0.15, 0.2) is 0 Å². The largest absolute Gasteiger partial charge is 0.377 e. The van der Waals surface area contributed by atoms with Crippen LogP contribution < -0.4 is 0 Å². The third kappa shape index (κ3) is 1.55. The van der Waals surface area contributed by atoms with E-state index in [9.17, 15) is 4.79 Å². The Morgan fingerprint density at radius 2 is 2.06 bits per heavy atom. The maximum absolute atomic E-state index is 12.1. The SMILES string of the molecule is CO[C@H]1CCC(=O)[C@H](C)[C@@]2(C)CCC1=C2C. The van der Waals surface area contributed by atoms with Gasteiger partial charge in [0.05, 0.1) is 6.10 Å². The fourth-order valence-corrected chi connectivity index (χ4v) is 3.36. The van der Waals surface area contributed by atoms with Gasteiger partial charge in [0, 0.05) is 19.4 Å². The van der Waals surface area contributed by atoms with Gasteiger partial charge in [-0.05, 0) is 37.2 Å². The molecule has 0 unspecified atom stereocenters. The summed E-state index contributed by atoms with van der Waals surface area (Å²) in [7, 11) is 1.76. The number of ether oxygens (including phenoxy) is 1. The number of rotatable bonds is 1.